The second-order valence-electron chi connectivity index (χ2n) is 5.64. The molecule has 20 heavy (non-hydrogen) atoms. The molecule has 0 unspecified atom stereocenters. The van der Waals surface area contributed by atoms with Gasteiger partial charge in [-0.15, -0.1) is 0 Å². The number of aryl methyl sites for hydroxylation is 2. The van der Waals surface area contributed by atoms with Gasteiger partial charge in [0.05, 0.1) is 11.8 Å². The number of carbonyl (C=O) groups is 2. The first-order valence-electron chi connectivity index (χ1n) is 7.10. The van der Waals surface area contributed by atoms with Crippen LogP contribution in [0.25, 0.3) is 0 Å². The molecule has 1 amide bonds. The Morgan fingerprint density at radius 1 is 1.15 bits per heavy atom. The summed E-state index contributed by atoms with van der Waals surface area (Å²) >= 11 is 0. The van der Waals surface area contributed by atoms with Gasteiger partial charge in [0.1, 0.15) is 0 Å². The SMILES string of the molecule is Cc1ccc(NC(=O)[C@H]2CCCC[C@@H]2C(=O)O)c(C)c1. The van der Waals surface area contributed by atoms with Gasteiger partial charge in [-0.1, -0.05) is 30.5 Å². The van der Waals surface area contributed by atoms with Gasteiger partial charge in [0.2, 0.25) is 5.91 Å². The van der Waals surface area contributed by atoms with Gasteiger partial charge >= 0.3 is 5.97 Å². The molecule has 2 N–H and O–H groups in total. The smallest absolute Gasteiger partial charge is 0.307 e. The van der Waals surface area contributed by atoms with E-state index in [1.165, 1.54) is 0 Å². The molecule has 0 bridgehead atoms. The minimum atomic E-state index is -0.856. The van der Waals surface area contributed by atoms with Crippen molar-refractivity contribution in [3.05, 3.63) is 29.3 Å². The molecule has 0 radical (unpaired) electrons. The molecule has 0 spiro atoms. The average molecular weight is 275 g/mol. The van der Waals surface area contributed by atoms with E-state index in [-0.39, 0.29) is 5.91 Å². The number of hydrogen-bond acceptors (Lipinski definition) is 2. The summed E-state index contributed by atoms with van der Waals surface area (Å²) in [6.45, 7) is 3.94. The number of carboxylic acid groups (broad SMARTS) is 1. The summed E-state index contributed by atoms with van der Waals surface area (Å²) in [4.78, 5) is 23.6. The number of carboxylic acids is 1. The van der Waals surface area contributed by atoms with Crippen LogP contribution in [-0.2, 0) is 9.59 Å². The molecule has 0 saturated heterocycles. The summed E-state index contributed by atoms with van der Waals surface area (Å²) in [7, 11) is 0. The Labute approximate surface area is 119 Å². The largest absolute Gasteiger partial charge is 0.481 e. The topological polar surface area (TPSA) is 66.4 Å². The molecule has 1 aromatic carbocycles. The highest BCUT2D eigenvalue weighted by molar-refractivity contribution is 5.95. The van der Waals surface area contributed by atoms with Crippen LogP contribution >= 0.6 is 0 Å². The Morgan fingerprint density at radius 3 is 2.40 bits per heavy atom. The van der Waals surface area contributed by atoms with Crippen LogP contribution in [0.3, 0.4) is 0 Å². The highest BCUT2D eigenvalue weighted by Crippen LogP contribution is 2.31. The number of nitrogens with one attached hydrogen (secondary N) is 1. The van der Waals surface area contributed by atoms with Gasteiger partial charge in [-0.05, 0) is 38.3 Å². The molecule has 2 rings (SSSR count). The highest BCUT2D eigenvalue weighted by Gasteiger charge is 2.35. The van der Waals surface area contributed by atoms with Gasteiger partial charge in [-0.3, -0.25) is 9.59 Å². The number of carbonyl (C=O) groups excluding carboxylic acids is 1. The van der Waals surface area contributed by atoms with E-state index in [2.05, 4.69) is 5.32 Å². The van der Waals surface area contributed by atoms with Crippen LogP contribution in [0.5, 0.6) is 0 Å². The third-order valence-corrected chi connectivity index (χ3v) is 4.06. The van der Waals surface area contributed by atoms with Crippen LogP contribution < -0.4 is 5.32 Å². The third-order valence-electron chi connectivity index (χ3n) is 4.06. The molecule has 1 aromatic rings. The third kappa shape index (κ3) is 3.18. The van der Waals surface area contributed by atoms with Crippen LogP contribution in [0.1, 0.15) is 36.8 Å². The maximum absolute atomic E-state index is 12.3. The lowest BCUT2D eigenvalue weighted by Gasteiger charge is -2.27. The summed E-state index contributed by atoms with van der Waals surface area (Å²) in [6, 6.07) is 5.82. The van der Waals surface area contributed by atoms with Gasteiger partial charge in [0.15, 0.2) is 0 Å². The van der Waals surface area contributed by atoms with E-state index in [1.54, 1.807) is 0 Å². The average Bonchev–Trinajstić information content (AvgIpc) is 2.41. The van der Waals surface area contributed by atoms with Crippen molar-refractivity contribution < 1.29 is 14.7 Å². The minimum absolute atomic E-state index is 0.163. The van der Waals surface area contributed by atoms with Crippen molar-refractivity contribution in [3.63, 3.8) is 0 Å². The molecule has 1 aliphatic rings. The maximum Gasteiger partial charge on any atom is 0.307 e. The van der Waals surface area contributed by atoms with Crippen LogP contribution in [-0.4, -0.2) is 17.0 Å². The summed E-state index contributed by atoms with van der Waals surface area (Å²) in [5.74, 6) is -1.98. The Hall–Kier alpha value is -1.84. The van der Waals surface area contributed by atoms with Crippen molar-refractivity contribution in [2.45, 2.75) is 39.5 Å². The Morgan fingerprint density at radius 2 is 1.80 bits per heavy atom. The predicted octanol–water partition coefficient (Wildman–Crippen LogP) is 3.13. The summed E-state index contributed by atoms with van der Waals surface area (Å²) < 4.78 is 0. The fraction of sp³-hybridized carbons (Fsp3) is 0.500. The zero-order valence-corrected chi connectivity index (χ0v) is 12.0. The van der Waals surface area contributed by atoms with E-state index in [4.69, 9.17) is 0 Å². The second kappa shape index (κ2) is 6.07. The normalized spacial score (nSPS) is 22.3. The van der Waals surface area contributed by atoms with Crippen molar-refractivity contribution in [1.82, 2.24) is 0 Å². The molecule has 1 saturated carbocycles. The second-order valence-corrected chi connectivity index (χ2v) is 5.64. The van der Waals surface area contributed by atoms with Crippen molar-refractivity contribution in [1.29, 1.82) is 0 Å². The fourth-order valence-electron chi connectivity index (χ4n) is 2.92. The van der Waals surface area contributed by atoms with Gasteiger partial charge in [-0.2, -0.15) is 0 Å². The van der Waals surface area contributed by atoms with Crippen molar-refractivity contribution >= 4 is 17.6 Å². The van der Waals surface area contributed by atoms with Crippen molar-refractivity contribution in [3.8, 4) is 0 Å². The zero-order chi connectivity index (χ0) is 14.7. The van der Waals surface area contributed by atoms with Gasteiger partial charge in [0.25, 0.3) is 0 Å². The Bertz CT molecular complexity index is 524. The molecule has 4 heteroatoms. The first kappa shape index (κ1) is 14.6. The van der Waals surface area contributed by atoms with Crippen molar-refractivity contribution in [2.75, 3.05) is 5.32 Å². The summed E-state index contributed by atoms with van der Waals surface area (Å²) in [5.41, 5.74) is 2.91. The summed E-state index contributed by atoms with van der Waals surface area (Å²) in [6.07, 6.45) is 3.08. The molecule has 108 valence electrons. The number of aliphatic carboxylic acids is 1. The van der Waals surface area contributed by atoms with Gasteiger partial charge in [0, 0.05) is 5.69 Å². The monoisotopic (exact) mass is 275 g/mol. The standard InChI is InChI=1S/C16H21NO3/c1-10-7-8-14(11(2)9-10)17-15(18)12-5-3-4-6-13(12)16(19)20/h7-9,12-13H,3-6H2,1-2H3,(H,17,18)(H,19,20)/t12-,13-/m0/s1. The number of rotatable bonds is 3. The van der Waals surface area contributed by atoms with Crippen LogP contribution in [0, 0.1) is 25.7 Å². The lowest BCUT2D eigenvalue weighted by molar-refractivity contribution is -0.147. The zero-order valence-electron chi connectivity index (χ0n) is 12.0. The van der Waals surface area contributed by atoms with E-state index >= 15 is 0 Å². The van der Waals surface area contributed by atoms with Crippen LogP contribution in [0.4, 0.5) is 5.69 Å². The Balaban J connectivity index is 2.12. The van der Waals surface area contributed by atoms with E-state index in [0.717, 1.165) is 29.7 Å². The number of hydrogen-bond donors (Lipinski definition) is 2. The molecule has 1 aliphatic carbocycles. The fourth-order valence-corrected chi connectivity index (χ4v) is 2.92. The Kier molecular flexibility index (Phi) is 4.42. The van der Waals surface area contributed by atoms with Gasteiger partial charge in [-0.25, -0.2) is 0 Å². The van der Waals surface area contributed by atoms with Gasteiger partial charge < -0.3 is 10.4 Å². The van der Waals surface area contributed by atoms with Crippen LogP contribution in [0.15, 0.2) is 18.2 Å². The minimum Gasteiger partial charge on any atom is -0.481 e. The molecular weight excluding hydrogens is 254 g/mol. The molecule has 4 nitrogen and oxygen atoms in total. The highest BCUT2D eigenvalue weighted by atomic mass is 16.4. The molecule has 0 heterocycles. The predicted molar refractivity (Wildman–Crippen MR) is 77.6 cm³/mol. The molecule has 1 fully saturated rings. The number of amides is 1. The quantitative estimate of drug-likeness (QED) is 0.890. The van der Waals surface area contributed by atoms with Crippen LogP contribution in [0.2, 0.25) is 0 Å². The van der Waals surface area contributed by atoms with E-state index < -0.39 is 17.8 Å². The molecular formula is C16H21NO3. The number of anilines is 1. The van der Waals surface area contributed by atoms with E-state index in [1.807, 2.05) is 32.0 Å². The molecule has 2 atom stereocenters. The molecule has 0 aliphatic heterocycles. The first-order chi connectivity index (χ1) is 9.49. The maximum atomic E-state index is 12.3. The number of benzene rings is 1. The first-order valence-corrected chi connectivity index (χ1v) is 7.10. The molecule has 0 aromatic heterocycles. The lowest BCUT2D eigenvalue weighted by atomic mass is 9.78. The van der Waals surface area contributed by atoms with E-state index in [0.29, 0.717) is 12.8 Å². The van der Waals surface area contributed by atoms with E-state index in [9.17, 15) is 14.7 Å². The lowest BCUT2D eigenvalue weighted by Crippen LogP contribution is -2.36. The van der Waals surface area contributed by atoms with Crippen molar-refractivity contribution in [2.24, 2.45) is 11.8 Å². The summed E-state index contributed by atoms with van der Waals surface area (Å²) in [5, 5.41) is 12.1.